The Morgan fingerprint density at radius 3 is 2.63 bits per heavy atom. The molecule has 0 bridgehead atoms. The third kappa shape index (κ3) is 6.40. The monoisotopic (exact) mass is 365 g/mol. The molecule has 3 heteroatoms. The van der Waals surface area contributed by atoms with Crippen LogP contribution < -0.4 is 0 Å². The van der Waals surface area contributed by atoms with Crippen LogP contribution in [0.15, 0.2) is 48.6 Å². The maximum Gasteiger partial charge on any atom is 0.338 e. The average Bonchev–Trinajstić information content (AvgIpc) is 2.71. The predicted molar refractivity (Wildman–Crippen MR) is 109 cm³/mol. The molecule has 1 fully saturated rings. The first-order chi connectivity index (χ1) is 13.2. The number of hydrogen-bond donors (Lipinski definition) is 0. The van der Waals surface area contributed by atoms with Gasteiger partial charge in [0.1, 0.15) is 6.10 Å². The Labute approximate surface area is 163 Å². The molecule has 1 unspecified atom stereocenters. The van der Waals surface area contributed by atoms with Gasteiger partial charge in [0.15, 0.2) is 0 Å². The van der Waals surface area contributed by atoms with E-state index in [-0.39, 0.29) is 12.1 Å². The van der Waals surface area contributed by atoms with Crippen molar-refractivity contribution < 1.29 is 9.53 Å². The van der Waals surface area contributed by atoms with Gasteiger partial charge in [-0.05, 0) is 62.0 Å². The van der Waals surface area contributed by atoms with E-state index in [1.165, 1.54) is 6.08 Å². The summed E-state index contributed by atoms with van der Waals surface area (Å²) in [5.41, 5.74) is 1.88. The Kier molecular flexibility index (Phi) is 8.84. The number of allylic oxidation sites excluding steroid dienone is 4. The largest absolute Gasteiger partial charge is 0.459 e. The first-order valence-corrected chi connectivity index (χ1v) is 10.2. The van der Waals surface area contributed by atoms with Gasteiger partial charge >= 0.3 is 5.97 Å². The number of rotatable bonds is 8. The minimum absolute atomic E-state index is 0.0119. The summed E-state index contributed by atoms with van der Waals surface area (Å²) in [5, 5.41) is 8.53. The Hall–Kier alpha value is -2.34. The minimum Gasteiger partial charge on any atom is -0.459 e. The van der Waals surface area contributed by atoms with Gasteiger partial charge in [0.05, 0.1) is 11.6 Å². The zero-order valence-corrected chi connectivity index (χ0v) is 16.6. The summed E-state index contributed by atoms with van der Waals surface area (Å²) in [6, 6.07) is 9.95. The standard InChI is InChI=1S/C24H31NO2/c1-3-10-21(4-2)27-24(26)23-13-8-7-12-22(23)20-16-14-19(15-17-20)11-6-5-9-18-25/h5-9,11-13,19-21H,3-4,10,14-17H2,1-2H3/b9-5?,11-6+. The van der Waals surface area contributed by atoms with Crippen molar-refractivity contribution in [2.45, 2.75) is 70.8 Å². The number of benzene rings is 1. The molecule has 2 rings (SSSR count). The van der Waals surface area contributed by atoms with E-state index in [0.29, 0.717) is 11.8 Å². The van der Waals surface area contributed by atoms with Crippen LogP contribution in [0.2, 0.25) is 0 Å². The highest BCUT2D eigenvalue weighted by Gasteiger charge is 2.25. The molecule has 0 amide bonds. The minimum atomic E-state index is -0.172. The third-order valence-corrected chi connectivity index (χ3v) is 5.40. The Balaban J connectivity index is 2.02. The van der Waals surface area contributed by atoms with Gasteiger partial charge in [0.25, 0.3) is 0 Å². The molecule has 0 N–H and O–H groups in total. The summed E-state index contributed by atoms with van der Waals surface area (Å²) in [7, 11) is 0. The molecule has 0 aliphatic heterocycles. The smallest absolute Gasteiger partial charge is 0.338 e. The quantitative estimate of drug-likeness (QED) is 0.307. The van der Waals surface area contributed by atoms with E-state index in [1.807, 2.05) is 30.3 Å². The Morgan fingerprint density at radius 2 is 1.96 bits per heavy atom. The van der Waals surface area contributed by atoms with Gasteiger partial charge in [0, 0.05) is 6.08 Å². The molecule has 3 nitrogen and oxygen atoms in total. The zero-order valence-electron chi connectivity index (χ0n) is 16.6. The molecule has 1 aromatic carbocycles. The van der Waals surface area contributed by atoms with E-state index in [9.17, 15) is 4.79 Å². The van der Waals surface area contributed by atoms with Crippen LogP contribution in [0.25, 0.3) is 0 Å². The molecule has 0 saturated heterocycles. The molecule has 0 aromatic heterocycles. The van der Waals surface area contributed by atoms with E-state index in [2.05, 4.69) is 26.0 Å². The number of carbonyl (C=O) groups is 1. The van der Waals surface area contributed by atoms with Crippen molar-refractivity contribution in [2.24, 2.45) is 5.92 Å². The molecular formula is C24H31NO2. The average molecular weight is 366 g/mol. The summed E-state index contributed by atoms with van der Waals surface area (Å²) < 4.78 is 5.77. The Morgan fingerprint density at radius 1 is 1.22 bits per heavy atom. The first kappa shape index (κ1) is 21.0. The second kappa shape index (κ2) is 11.4. The van der Waals surface area contributed by atoms with E-state index in [4.69, 9.17) is 10.00 Å². The molecule has 1 atom stereocenters. The number of esters is 1. The van der Waals surface area contributed by atoms with Gasteiger partial charge in [-0.2, -0.15) is 5.26 Å². The van der Waals surface area contributed by atoms with E-state index < -0.39 is 0 Å². The van der Waals surface area contributed by atoms with Gasteiger partial charge < -0.3 is 4.74 Å². The lowest BCUT2D eigenvalue weighted by Gasteiger charge is -2.28. The number of nitrogens with zero attached hydrogens (tertiary/aromatic N) is 1. The number of carbonyl (C=O) groups excluding carboxylic acids is 1. The topological polar surface area (TPSA) is 50.1 Å². The highest BCUT2D eigenvalue weighted by Crippen LogP contribution is 2.38. The second-order valence-corrected chi connectivity index (χ2v) is 7.30. The number of nitriles is 1. The molecule has 1 aliphatic carbocycles. The van der Waals surface area contributed by atoms with Crippen LogP contribution in [-0.2, 0) is 4.74 Å². The number of hydrogen-bond acceptors (Lipinski definition) is 3. The van der Waals surface area contributed by atoms with Crippen LogP contribution in [0.1, 0.15) is 80.6 Å². The van der Waals surface area contributed by atoms with E-state index in [1.54, 1.807) is 6.08 Å². The highest BCUT2D eigenvalue weighted by atomic mass is 16.5. The van der Waals surface area contributed by atoms with Crippen LogP contribution in [0.4, 0.5) is 0 Å². The van der Waals surface area contributed by atoms with Crippen LogP contribution in [0.3, 0.4) is 0 Å². The van der Waals surface area contributed by atoms with Gasteiger partial charge in [-0.3, -0.25) is 0 Å². The van der Waals surface area contributed by atoms with Crippen molar-refractivity contribution >= 4 is 5.97 Å². The number of ether oxygens (including phenoxy) is 1. The molecular weight excluding hydrogens is 334 g/mol. The Bertz CT molecular complexity index is 691. The summed E-state index contributed by atoms with van der Waals surface area (Å²) in [4.78, 5) is 12.8. The fourth-order valence-corrected chi connectivity index (χ4v) is 3.86. The van der Waals surface area contributed by atoms with Crippen LogP contribution in [0, 0.1) is 17.2 Å². The molecule has 27 heavy (non-hydrogen) atoms. The van der Waals surface area contributed by atoms with E-state index in [0.717, 1.165) is 56.1 Å². The normalized spacial score (nSPS) is 21.2. The highest BCUT2D eigenvalue weighted by molar-refractivity contribution is 5.91. The van der Waals surface area contributed by atoms with E-state index >= 15 is 0 Å². The summed E-state index contributed by atoms with van der Waals surface area (Å²) in [6.45, 7) is 4.19. The lowest BCUT2D eigenvalue weighted by molar-refractivity contribution is 0.0269. The van der Waals surface area contributed by atoms with Crippen molar-refractivity contribution in [1.82, 2.24) is 0 Å². The van der Waals surface area contributed by atoms with Gasteiger partial charge in [0.2, 0.25) is 0 Å². The van der Waals surface area contributed by atoms with Crippen molar-refractivity contribution in [2.75, 3.05) is 0 Å². The van der Waals surface area contributed by atoms with Gasteiger partial charge in [-0.1, -0.05) is 56.7 Å². The molecule has 1 aliphatic rings. The molecule has 144 valence electrons. The van der Waals surface area contributed by atoms with Crippen LogP contribution in [0.5, 0.6) is 0 Å². The van der Waals surface area contributed by atoms with Crippen molar-refractivity contribution in [3.8, 4) is 6.07 Å². The third-order valence-electron chi connectivity index (χ3n) is 5.40. The summed E-state index contributed by atoms with van der Waals surface area (Å²) in [5.74, 6) is 0.798. The van der Waals surface area contributed by atoms with Crippen molar-refractivity contribution in [3.63, 3.8) is 0 Å². The van der Waals surface area contributed by atoms with Crippen molar-refractivity contribution in [3.05, 3.63) is 59.7 Å². The second-order valence-electron chi connectivity index (χ2n) is 7.30. The molecule has 0 spiro atoms. The summed E-state index contributed by atoms with van der Waals surface area (Å²) in [6.07, 6.45) is 14.6. The molecule has 1 saturated carbocycles. The van der Waals surface area contributed by atoms with Gasteiger partial charge in [-0.15, -0.1) is 0 Å². The molecule has 0 heterocycles. The van der Waals surface area contributed by atoms with Gasteiger partial charge in [-0.25, -0.2) is 4.79 Å². The molecule has 1 aromatic rings. The predicted octanol–water partition coefficient (Wildman–Crippen LogP) is 6.33. The summed E-state index contributed by atoms with van der Waals surface area (Å²) >= 11 is 0. The zero-order chi connectivity index (χ0) is 19.5. The van der Waals surface area contributed by atoms with Crippen LogP contribution in [-0.4, -0.2) is 12.1 Å². The maximum atomic E-state index is 12.8. The van der Waals surface area contributed by atoms with Crippen LogP contribution >= 0.6 is 0 Å². The fraction of sp³-hybridized carbons (Fsp3) is 0.500. The maximum absolute atomic E-state index is 12.8. The SMILES string of the molecule is CCCC(CC)OC(=O)c1ccccc1C1CCC(/C=C/C=CC#N)CC1. The first-order valence-electron chi connectivity index (χ1n) is 10.2. The lowest BCUT2D eigenvalue weighted by Crippen LogP contribution is -2.20. The molecule has 0 radical (unpaired) electrons. The van der Waals surface area contributed by atoms with Crippen molar-refractivity contribution in [1.29, 1.82) is 5.26 Å². The fourth-order valence-electron chi connectivity index (χ4n) is 3.86. The lowest BCUT2D eigenvalue weighted by atomic mass is 9.77.